The minimum Gasteiger partial charge on any atom is -0.388 e. The quantitative estimate of drug-likeness (QED) is 0.534. The topological polar surface area (TPSA) is 12.0 Å². The number of allylic oxidation sites excluding steroid dienone is 3. The van der Waals surface area contributed by atoms with Crippen LogP contribution >= 0.6 is 0 Å². The van der Waals surface area contributed by atoms with Gasteiger partial charge in [0.25, 0.3) is 0 Å². The van der Waals surface area contributed by atoms with E-state index in [0.717, 1.165) is 12.5 Å². The van der Waals surface area contributed by atoms with Crippen molar-refractivity contribution in [3.63, 3.8) is 0 Å². The Hall–Kier alpha value is -0.720. The summed E-state index contributed by atoms with van der Waals surface area (Å²) in [6, 6.07) is 0. The first kappa shape index (κ1) is 6.02. The second-order valence-electron chi connectivity index (χ2n) is 3.22. The van der Waals surface area contributed by atoms with Gasteiger partial charge in [-0.15, -0.1) is 0 Å². The van der Waals surface area contributed by atoms with Crippen molar-refractivity contribution in [2.75, 3.05) is 6.54 Å². The summed E-state index contributed by atoms with van der Waals surface area (Å²) in [7, 11) is 0. The lowest BCUT2D eigenvalue weighted by molar-refractivity contribution is 0.670. The molecule has 0 fully saturated rings. The molecule has 0 aromatic rings. The zero-order chi connectivity index (χ0) is 6.97. The van der Waals surface area contributed by atoms with E-state index in [1.807, 2.05) is 0 Å². The molecule has 1 aliphatic heterocycles. The van der Waals surface area contributed by atoms with Gasteiger partial charge in [0.05, 0.1) is 0 Å². The van der Waals surface area contributed by atoms with Gasteiger partial charge in [-0.1, -0.05) is 19.1 Å². The van der Waals surface area contributed by atoms with Crippen LogP contribution in [0.15, 0.2) is 23.4 Å². The lowest BCUT2D eigenvalue weighted by atomic mass is 9.96. The maximum absolute atomic E-state index is 3.42. The van der Waals surface area contributed by atoms with Gasteiger partial charge in [-0.05, 0) is 24.3 Å². The van der Waals surface area contributed by atoms with E-state index >= 15 is 0 Å². The molecule has 1 nitrogen and oxygen atoms in total. The first-order valence-corrected chi connectivity index (χ1v) is 4.00. The molecule has 0 saturated heterocycles. The Morgan fingerprint density at radius 1 is 1.60 bits per heavy atom. The molecule has 0 aromatic carbocycles. The number of hydrogen-bond donors (Lipinski definition) is 1. The molecule has 1 atom stereocenters. The summed E-state index contributed by atoms with van der Waals surface area (Å²) in [5.74, 6) is 0.740. The molecule has 10 heavy (non-hydrogen) atoms. The average Bonchev–Trinajstić information content (AvgIpc) is 2.33. The lowest BCUT2D eigenvalue weighted by Gasteiger charge is -2.13. The third-order valence-electron chi connectivity index (χ3n) is 2.27. The minimum atomic E-state index is 0.740. The molecule has 0 radical (unpaired) electrons. The molecule has 0 spiro atoms. The molecular weight excluding hydrogens is 122 g/mol. The molecule has 0 aromatic heterocycles. The maximum atomic E-state index is 3.42. The monoisotopic (exact) mass is 135 g/mol. The Labute approximate surface area is 61.8 Å². The molecule has 0 bridgehead atoms. The van der Waals surface area contributed by atoms with Crippen molar-refractivity contribution in [2.45, 2.75) is 19.8 Å². The van der Waals surface area contributed by atoms with Crippen LogP contribution < -0.4 is 5.32 Å². The molecule has 1 N–H and O–H groups in total. The molecule has 2 aliphatic rings. The highest BCUT2D eigenvalue weighted by molar-refractivity contribution is 5.32. The fraction of sp³-hybridized carbons (Fsp3) is 0.556. The van der Waals surface area contributed by atoms with Gasteiger partial charge in [-0.3, -0.25) is 0 Å². The van der Waals surface area contributed by atoms with Crippen molar-refractivity contribution < 1.29 is 0 Å². The van der Waals surface area contributed by atoms with Crippen LogP contribution in [-0.2, 0) is 0 Å². The molecule has 1 heterocycles. The average molecular weight is 135 g/mol. The van der Waals surface area contributed by atoms with E-state index in [2.05, 4.69) is 24.4 Å². The summed E-state index contributed by atoms with van der Waals surface area (Å²) in [6.45, 7) is 3.42. The summed E-state index contributed by atoms with van der Waals surface area (Å²) in [4.78, 5) is 0. The van der Waals surface area contributed by atoms with Crippen LogP contribution in [0, 0.1) is 5.92 Å². The van der Waals surface area contributed by atoms with Crippen molar-refractivity contribution in [3.8, 4) is 0 Å². The fourth-order valence-corrected chi connectivity index (χ4v) is 1.67. The van der Waals surface area contributed by atoms with Crippen LogP contribution in [0.25, 0.3) is 0 Å². The van der Waals surface area contributed by atoms with E-state index in [1.165, 1.54) is 24.1 Å². The molecule has 0 saturated carbocycles. The van der Waals surface area contributed by atoms with E-state index in [-0.39, 0.29) is 0 Å². The third kappa shape index (κ3) is 0.859. The zero-order valence-corrected chi connectivity index (χ0v) is 6.35. The van der Waals surface area contributed by atoms with Gasteiger partial charge in [0.2, 0.25) is 0 Å². The third-order valence-corrected chi connectivity index (χ3v) is 2.27. The van der Waals surface area contributed by atoms with Crippen molar-refractivity contribution >= 4 is 0 Å². The highest BCUT2D eigenvalue weighted by Crippen LogP contribution is 2.26. The van der Waals surface area contributed by atoms with Crippen molar-refractivity contribution in [2.24, 2.45) is 5.92 Å². The van der Waals surface area contributed by atoms with E-state index in [0.29, 0.717) is 0 Å². The predicted octanol–water partition coefficient (Wildman–Crippen LogP) is 1.83. The van der Waals surface area contributed by atoms with Crippen LogP contribution in [0.1, 0.15) is 19.8 Å². The molecule has 54 valence electrons. The molecular formula is C9H13N. The summed E-state index contributed by atoms with van der Waals surface area (Å²) in [6.07, 6.45) is 7.06. The second kappa shape index (κ2) is 2.15. The number of hydrogen-bond acceptors (Lipinski definition) is 1. The van der Waals surface area contributed by atoms with E-state index in [4.69, 9.17) is 0 Å². The van der Waals surface area contributed by atoms with Crippen LogP contribution in [0.3, 0.4) is 0 Å². The summed E-state index contributed by atoms with van der Waals surface area (Å²) >= 11 is 0. The molecule has 1 aliphatic carbocycles. The van der Waals surface area contributed by atoms with Crippen LogP contribution in [0.4, 0.5) is 0 Å². The highest BCUT2D eigenvalue weighted by Gasteiger charge is 2.16. The normalized spacial score (nSPS) is 30.3. The summed E-state index contributed by atoms with van der Waals surface area (Å²) in [5, 5.41) is 3.42. The summed E-state index contributed by atoms with van der Waals surface area (Å²) < 4.78 is 0. The van der Waals surface area contributed by atoms with Gasteiger partial charge in [0, 0.05) is 12.2 Å². The lowest BCUT2D eigenvalue weighted by Crippen LogP contribution is -2.10. The summed E-state index contributed by atoms with van der Waals surface area (Å²) in [5.41, 5.74) is 3.04. The Morgan fingerprint density at radius 2 is 2.50 bits per heavy atom. The van der Waals surface area contributed by atoms with E-state index in [9.17, 15) is 0 Å². The first-order valence-electron chi connectivity index (χ1n) is 4.00. The molecule has 1 unspecified atom stereocenters. The van der Waals surface area contributed by atoms with Crippen molar-refractivity contribution in [1.29, 1.82) is 0 Å². The maximum Gasteiger partial charge on any atom is 0.0185 e. The Balaban J connectivity index is 2.22. The van der Waals surface area contributed by atoms with Gasteiger partial charge in [0.15, 0.2) is 0 Å². The number of nitrogens with one attached hydrogen (secondary N) is 1. The van der Waals surface area contributed by atoms with Gasteiger partial charge in [-0.25, -0.2) is 0 Å². The minimum absolute atomic E-state index is 0.740. The largest absolute Gasteiger partial charge is 0.388 e. The van der Waals surface area contributed by atoms with Gasteiger partial charge in [0.1, 0.15) is 0 Å². The van der Waals surface area contributed by atoms with Gasteiger partial charge < -0.3 is 5.32 Å². The van der Waals surface area contributed by atoms with Crippen molar-refractivity contribution in [1.82, 2.24) is 5.32 Å². The van der Waals surface area contributed by atoms with Gasteiger partial charge in [-0.2, -0.15) is 0 Å². The van der Waals surface area contributed by atoms with Crippen molar-refractivity contribution in [3.05, 3.63) is 23.4 Å². The molecule has 1 heteroatoms. The van der Waals surface area contributed by atoms with Gasteiger partial charge >= 0.3 is 0 Å². The van der Waals surface area contributed by atoms with E-state index in [1.54, 1.807) is 0 Å². The Morgan fingerprint density at radius 3 is 3.40 bits per heavy atom. The number of rotatable bonds is 0. The highest BCUT2D eigenvalue weighted by atomic mass is 14.9. The standard InChI is InChI=1S/C9H13N/c1-7-2-3-8-4-5-10-9(8)6-7/h2-3,7,10H,4-6H2,1H3. The first-order chi connectivity index (χ1) is 4.86. The molecule has 0 amide bonds. The Kier molecular flexibility index (Phi) is 1.30. The fourth-order valence-electron chi connectivity index (χ4n) is 1.67. The molecule has 2 rings (SSSR count). The van der Waals surface area contributed by atoms with Crippen LogP contribution in [0.5, 0.6) is 0 Å². The zero-order valence-electron chi connectivity index (χ0n) is 6.35. The van der Waals surface area contributed by atoms with E-state index < -0.39 is 0 Å². The smallest absolute Gasteiger partial charge is 0.0185 e. The predicted molar refractivity (Wildman–Crippen MR) is 42.6 cm³/mol. The van der Waals surface area contributed by atoms with Crippen LogP contribution in [-0.4, -0.2) is 6.54 Å². The SMILES string of the molecule is CC1C=CC2=C(C1)NCC2. The Bertz CT molecular complexity index is 201. The van der Waals surface area contributed by atoms with Crippen LogP contribution in [0.2, 0.25) is 0 Å². The second-order valence-corrected chi connectivity index (χ2v) is 3.22.